The Hall–Kier alpha value is -1.04. The van der Waals surface area contributed by atoms with E-state index in [9.17, 15) is 8.42 Å². The maximum Gasteiger partial charge on any atom is 0.261 e. The predicted octanol–water partition coefficient (Wildman–Crippen LogP) is 4.39. The molecule has 21 heavy (non-hydrogen) atoms. The van der Waals surface area contributed by atoms with Gasteiger partial charge in [-0.05, 0) is 60.7 Å². The smallest absolute Gasteiger partial charge is 0.261 e. The normalized spacial score (nSPS) is 14.0. The van der Waals surface area contributed by atoms with Crippen LogP contribution in [0.2, 0.25) is 5.02 Å². The molecule has 0 saturated heterocycles. The SMILES string of the molecule is O=S(=O)(Nc1ccc(Br)cc1Cl)c1ccc2c(c1)CCC2. The summed E-state index contributed by atoms with van der Waals surface area (Å²) < 4.78 is 28.3. The Morgan fingerprint density at radius 1 is 1.05 bits per heavy atom. The lowest BCUT2D eigenvalue weighted by molar-refractivity contribution is 0.601. The van der Waals surface area contributed by atoms with Gasteiger partial charge < -0.3 is 0 Å². The van der Waals surface area contributed by atoms with Gasteiger partial charge in [0.05, 0.1) is 15.6 Å². The first-order chi connectivity index (χ1) is 9.95. The molecular weight excluding hydrogens is 374 g/mol. The molecule has 1 N–H and O–H groups in total. The molecule has 110 valence electrons. The van der Waals surface area contributed by atoms with E-state index in [-0.39, 0.29) is 4.90 Å². The highest BCUT2D eigenvalue weighted by molar-refractivity contribution is 9.10. The molecule has 0 saturated carbocycles. The summed E-state index contributed by atoms with van der Waals surface area (Å²) in [5, 5.41) is 0.356. The highest BCUT2D eigenvalue weighted by Gasteiger charge is 2.19. The van der Waals surface area contributed by atoms with Crippen LogP contribution in [0.5, 0.6) is 0 Å². The van der Waals surface area contributed by atoms with Crippen molar-refractivity contribution in [2.45, 2.75) is 24.2 Å². The second kappa shape index (κ2) is 5.63. The molecule has 0 amide bonds. The largest absolute Gasteiger partial charge is 0.278 e. The molecule has 0 bridgehead atoms. The summed E-state index contributed by atoms with van der Waals surface area (Å²) in [5.41, 5.74) is 2.75. The number of sulfonamides is 1. The van der Waals surface area contributed by atoms with Crippen LogP contribution >= 0.6 is 27.5 Å². The Balaban J connectivity index is 1.93. The molecule has 0 radical (unpaired) electrons. The zero-order valence-corrected chi connectivity index (χ0v) is 14.2. The minimum atomic E-state index is -3.62. The van der Waals surface area contributed by atoms with E-state index in [4.69, 9.17) is 11.6 Å². The summed E-state index contributed by atoms with van der Waals surface area (Å²) >= 11 is 9.35. The highest BCUT2D eigenvalue weighted by Crippen LogP contribution is 2.29. The monoisotopic (exact) mass is 385 g/mol. The molecule has 3 nitrogen and oxygen atoms in total. The van der Waals surface area contributed by atoms with E-state index in [1.807, 2.05) is 6.07 Å². The summed E-state index contributed by atoms with van der Waals surface area (Å²) in [6.07, 6.45) is 3.06. The number of rotatable bonds is 3. The maximum atomic E-state index is 12.5. The average molecular weight is 387 g/mol. The molecule has 0 unspecified atom stereocenters. The number of benzene rings is 2. The summed E-state index contributed by atoms with van der Waals surface area (Å²) in [7, 11) is -3.62. The van der Waals surface area contributed by atoms with Crippen molar-refractivity contribution in [3.05, 3.63) is 57.0 Å². The van der Waals surface area contributed by atoms with E-state index >= 15 is 0 Å². The zero-order chi connectivity index (χ0) is 15.0. The van der Waals surface area contributed by atoms with Gasteiger partial charge in [-0.25, -0.2) is 8.42 Å². The molecule has 0 fully saturated rings. The number of hydrogen-bond acceptors (Lipinski definition) is 2. The van der Waals surface area contributed by atoms with Crippen LogP contribution in [0, 0.1) is 0 Å². The molecule has 0 aromatic heterocycles. The van der Waals surface area contributed by atoms with Gasteiger partial charge in [-0.1, -0.05) is 33.6 Å². The van der Waals surface area contributed by atoms with E-state index in [2.05, 4.69) is 20.7 Å². The van der Waals surface area contributed by atoms with Crippen LogP contribution in [0.1, 0.15) is 17.5 Å². The Labute approximate surface area is 137 Å². The Morgan fingerprint density at radius 3 is 2.57 bits per heavy atom. The van der Waals surface area contributed by atoms with Gasteiger partial charge in [0.2, 0.25) is 0 Å². The Kier molecular flexibility index (Phi) is 3.99. The standard InChI is InChI=1S/C15H13BrClNO2S/c16-12-5-7-15(14(17)9-12)18-21(19,20)13-6-4-10-2-1-3-11(10)8-13/h4-9,18H,1-3H2. The summed E-state index contributed by atoms with van der Waals surface area (Å²) in [6.45, 7) is 0. The van der Waals surface area contributed by atoms with E-state index in [1.165, 1.54) is 5.56 Å². The Bertz CT molecular complexity index is 805. The third kappa shape index (κ3) is 3.10. The van der Waals surface area contributed by atoms with Crippen LogP contribution in [-0.2, 0) is 22.9 Å². The van der Waals surface area contributed by atoms with Crippen molar-refractivity contribution in [3.8, 4) is 0 Å². The van der Waals surface area contributed by atoms with Crippen molar-refractivity contribution in [1.29, 1.82) is 0 Å². The molecule has 0 aliphatic heterocycles. The zero-order valence-electron chi connectivity index (χ0n) is 11.1. The van der Waals surface area contributed by atoms with Gasteiger partial charge >= 0.3 is 0 Å². The first kappa shape index (κ1) is 14.9. The van der Waals surface area contributed by atoms with E-state index < -0.39 is 10.0 Å². The van der Waals surface area contributed by atoms with Gasteiger partial charge in [0.1, 0.15) is 0 Å². The van der Waals surface area contributed by atoms with Gasteiger partial charge in [-0.2, -0.15) is 0 Å². The van der Waals surface area contributed by atoms with Crippen LogP contribution in [0.4, 0.5) is 5.69 Å². The number of anilines is 1. The lowest BCUT2D eigenvalue weighted by Gasteiger charge is -2.11. The van der Waals surface area contributed by atoms with Crippen LogP contribution in [0.3, 0.4) is 0 Å². The van der Waals surface area contributed by atoms with Crippen LogP contribution in [0.25, 0.3) is 0 Å². The maximum absolute atomic E-state index is 12.5. The fraction of sp³-hybridized carbons (Fsp3) is 0.200. The third-order valence-corrected chi connectivity index (χ3v) is 5.72. The summed E-state index contributed by atoms with van der Waals surface area (Å²) in [4.78, 5) is 0.280. The average Bonchev–Trinajstić information content (AvgIpc) is 2.89. The van der Waals surface area contributed by atoms with Crippen molar-refractivity contribution < 1.29 is 8.42 Å². The molecule has 0 atom stereocenters. The van der Waals surface area contributed by atoms with Crippen molar-refractivity contribution >= 4 is 43.2 Å². The van der Waals surface area contributed by atoms with Crippen LogP contribution < -0.4 is 4.72 Å². The topological polar surface area (TPSA) is 46.2 Å². The van der Waals surface area contributed by atoms with E-state index in [0.29, 0.717) is 10.7 Å². The molecule has 1 aliphatic carbocycles. The van der Waals surface area contributed by atoms with Crippen LogP contribution in [-0.4, -0.2) is 8.42 Å². The second-order valence-electron chi connectivity index (χ2n) is 5.01. The molecule has 3 rings (SSSR count). The van der Waals surface area contributed by atoms with Crippen molar-refractivity contribution in [2.75, 3.05) is 4.72 Å². The lowest BCUT2D eigenvalue weighted by atomic mass is 10.1. The minimum absolute atomic E-state index is 0.280. The summed E-state index contributed by atoms with van der Waals surface area (Å²) in [6, 6.07) is 10.3. The molecule has 2 aromatic rings. The number of halogens is 2. The minimum Gasteiger partial charge on any atom is -0.278 e. The third-order valence-electron chi connectivity index (χ3n) is 3.56. The van der Waals surface area contributed by atoms with E-state index in [0.717, 1.165) is 29.3 Å². The fourth-order valence-electron chi connectivity index (χ4n) is 2.49. The molecule has 0 spiro atoms. The highest BCUT2D eigenvalue weighted by atomic mass is 79.9. The van der Waals surface area contributed by atoms with Gasteiger partial charge in [-0.15, -0.1) is 0 Å². The second-order valence-corrected chi connectivity index (χ2v) is 8.02. The van der Waals surface area contributed by atoms with Gasteiger partial charge in [-0.3, -0.25) is 4.72 Å². The van der Waals surface area contributed by atoms with Crippen molar-refractivity contribution in [2.24, 2.45) is 0 Å². The number of hydrogen-bond donors (Lipinski definition) is 1. The first-order valence-electron chi connectivity index (χ1n) is 6.55. The molecular formula is C15H13BrClNO2S. The quantitative estimate of drug-likeness (QED) is 0.850. The Morgan fingerprint density at radius 2 is 1.81 bits per heavy atom. The number of nitrogens with one attached hydrogen (secondary N) is 1. The molecule has 2 aromatic carbocycles. The van der Waals surface area contributed by atoms with Gasteiger partial charge in [0, 0.05) is 4.47 Å². The molecule has 0 heterocycles. The van der Waals surface area contributed by atoms with Crippen molar-refractivity contribution in [1.82, 2.24) is 0 Å². The molecule has 1 aliphatic rings. The molecule has 6 heteroatoms. The van der Waals surface area contributed by atoms with Gasteiger partial charge in [0.25, 0.3) is 10.0 Å². The van der Waals surface area contributed by atoms with Gasteiger partial charge in [0.15, 0.2) is 0 Å². The van der Waals surface area contributed by atoms with Crippen LogP contribution in [0.15, 0.2) is 45.8 Å². The van der Waals surface area contributed by atoms with E-state index in [1.54, 1.807) is 30.3 Å². The number of fused-ring (bicyclic) bond motifs is 1. The first-order valence-corrected chi connectivity index (χ1v) is 9.21. The summed E-state index contributed by atoms with van der Waals surface area (Å²) in [5.74, 6) is 0. The lowest BCUT2D eigenvalue weighted by Crippen LogP contribution is -2.13. The predicted molar refractivity (Wildman–Crippen MR) is 88.4 cm³/mol. The van der Waals surface area contributed by atoms with Crippen molar-refractivity contribution in [3.63, 3.8) is 0 Å². The fourth-order valence-corrected chi connectivity index (χ4v) is 4.40. The number of aryl methyl sites for hydroxylation is 2.